The van der Waals surface area contributed by atoms with Crippen molar-refractivity contribution in [1.82, 2.24) is 15.1 Å². The van der Waals surface area contributed by atoms with Crippen molar-refractivity contribution in [3.63, 3.8) is 0 Å². The zero-order valence-corrected chi connectivity index (χ0v) is 12.5. The van der Waals surface area contributed by atoms with Crippen LogP contribution < -0.4 is 10.6 Å². The lowest BCUT2D eigenvalue weighted by molar-refractivity contribution is -0.114. The van der Waals surface area contributed by atoms with Crippen molar-refractivity contribution in [2.75, 3.05) is 5.32 Å². The lowest BCUT2D eigenvalue weighted by Gasteiger charge is -2.14. The fraction of sp³-hybridized carbons (Fsp3) is 0.214. The number of amides is 2. The number of rotatable bonds is 2. The summed E-state index contributed by atoms with van der Waals surface area (Å²) in [4.78, 5) is 23.5. The zero-order valence-electron chi connectivity index (χ0n) is 11.8. The first-order chi connectivity index (χ1) is 10.4. The van der Waals surface area contributed by atoms with Gasteiger partial charge in [0.25, 0.3) is 5.91 Å². The van der Waals surface area contributed by atoms with E-state index in [1.807, 2.05) is 0 Å². The Morgan fingerprint density at radius 3 is 2.91 bits per heavy atom. The molecule has 1 atom stereocenters. The Kier molecular flexibility index (Phi) is 3.37. The third-order valence-corrected chi connectivity index (χ3v) is 3.77. The monoisotopic (exact) mass is 322 g/mol. The molecule has 0 saturated heterocycles. The molecule has 0 bridgehead atoms. The topological polar surface area (TPSA) is 76.0 Å². The zero-order chi connectivity index (χ0) is 16.0. The number of fused-ring (bicyclic) bond motifs is 1. The molecule has 22 heavy (non-hydrogen) atoms. The number of carbonyl (C=O) groups excluding carboxylic acids is 2. The number of aryl methyl sites for hydroxylation is 1. The molecule has 0 spiro atoms. The van der Waals surface area contributed by atoms with Crippen LogP contribution in [-0.2, 0) is 11.8 Å². The maximum absolute atomic E-state index is 13.5. The van der Waals surface area contributed by atoms with E-state index in [0.29, 0.717) is 21.8 Å². The molecule has 2 N–H and O–H groups in total. The molecule has 0 radical (unpaired) electrons. The lowest BCUT2D eigenvalue weighted by Crippen LogP contribution is -2.23. The standard InChI is InChI=1S/C14H12ClFN4O2/c1-6(21)17-13-10-11(8-5-7(16)3-4-9(8)15)18-14(22)12(10)20(2)19-13/h3-5,11H,1-2H3,(H,18,22)(H,17,19,21). The van der Waals surface area contributed by atoms with Crippen LogP contribution in [0.25, 0.3) is 0 Å². The summed E-state index contributed by atoms with van der Waals surface area (Å²) in [6.45, 7) is 1.34. The molecule has 114 valence electrons. The van der Waals surface area contributed by atoms with Gasteiger partial charge in [0, 0.05) is 24.6 Å². The second kappa shape index (κ2) is 5.10. The number of carbonyl (C=O) groups is 2. The normalized spacial score (nSPS) is 16.4. The van der Waals surface area contributed by atoms with Crippen LogP contribution in [0.1, 0.15) is 34.6 Å². The van der Waals surface area contributed by atoms with Gasteiger partial charge in [0.05, 0.1) is 11.6 Å². The van der Waals surface area contributed by atoms with Crippen LogP contribution in [0.3, 0.4) is 0 Å². The molecule has 1 unspecified atom stereocenters. The Hall–Kier alpha value is -2.41. The van der Waals surface area contributed by atoms with Crippen molar-refractivity contribution < 1.29 is 14.0 Å². The van der Waals surface area contributed by atoms with Crippen molar-refractivity contribution in [2.24, 2.45) is 7.05 Å². The summed E-state index contributed by atoms with van der Waals surface area (Å²) in [6.07, 6.45) is 0. The van der Waals surface area contributed by atoms with Crippen molar-refractivity contribution >= 4 is 29.2 Å². The van der Waals surface area contributed by atoms with E-state index in [1.165, 1.54) is 29.8 Å². The Morgan fingerprint density at radius 2 is 2.23 bits per heavy atom. The summed E-state index contributed by atoms with van der Waals surface area (Å²) in [5.74, 6) is -0.878. The molecule has 1 aliphatic rings. The van der Waals surface area contributed by atoms with E-state index >= 15 is 0 Å². The quantitative estimate of drug-likeness (QED) is 0.888. The Bertz CT molecular complexity index is 802. The van der Waals surface area contributed by atoms with Gasteiger partial charge in [0.2, 0.25) is 5.91 Å². The maximum atomic E-state index is 13.5. The number of benzene rings is 1. The molecule has 0 fully saturated rings. The van der Waals surface area contributed by atoms with E-state index in [4.69, 9.17) is 11.6 Å². The first-order valence-electron chi connectivity index (χ1n) is 6.48. The number of anilines is 1. The fourth-order valence-corrected chi connectivity index (χ4v) is 2.81. The van der Waals surface area contributed by atoms with Crippen LogP contribution >= 0.6 is 11.6 Å². The van der Waals surface area contributed by atoms with Gasteiger partial charge in [-0.05, 0) is 18.2 Å². The summed E-state index contributed by atoms with van der Waals surface area (Å²) < 4.78 is 14.9. The van der Waals surface area contributed by atoms with Crippen LogP contribution in [-0.4, -0.2) is 21.6 Å². The van der Waals surface area contributed by atoms with E-state index in [0.717, 1.165) is 0 Å². The highest BCUT2D eigenvalue weighted by molar-refractivity contribution is 6.31. The second-order valence-corrected chi connectivity index (χ2v) is 5.40. The van der Waals surface area contributed by atoms with Gasteiger partial charge in [-0.2, -0.15) is 5.10 Å². The number of nitrogens with zero attached hydrogens (tertiary/aromatic N) is 2. The van der Waals surface area contributed by atoms with Gasteiger partial charge in [0.15, 0.2) is 5.82 Å². The van der Waals surface area contributed by atoms with Crippen molar-refractivity contribution in [3.05, 3.63) is 45.9 Å². The Balaban J connectivity index is 2.17. The molecule has 8 heteroatoms. The summed E-state index contributed by atoms with van der Waals surface area (Å²) in [6, 6.07) is 3.25. The minimum absolute atomic E-state index is 0.258. The van der Waals surface area contributed by atoms with Gasteiger partial charge >= 0.3 is 0 Å². The molecular formula is C14H12ClFN4O2. The van der Waals surface area contributed by atoms with Crippen LogP contribution in [0.5, 0.6) is 0 Å². The SMILES string of the molecule is CC(=O)Nc1nn(C)c2c1C(c1cc(F)ccc1Cl)NC2=O. The molecule has 1 aromatic carbocycles. The highest BCUT2D eigenvalue weighted by atomic mass is 35.5. The Labute approximate surface area is 130 Å². The average Bonchev–Trinajstić information content (AvgIpc) is 2.92. The van der Waals surface area contributed by atoms with E-state index in [-0.39, 0.29) is 17.6 Å². The number of nitrogens with one attached hydrogen (secondary N) is 2. The summed E-state index contributed by atoms with van der Waals surface area (Å²) >= 11 is 6.12. The molecule has 2 aromatic rings. The van der Waals surface area contributed by atoms with Gasteiger partial charge < -0.3 is 10.6 Å². The number of hydrogen-bond acceptors (Lipinski definition) is 3. The van der Waals surface area contributed by atoms with Crippen LogP contribution in [0, 0.1) is 5.82 Å². The van der Waals surface area contributed by atoms with Crippen molar-refractivity contribution in [3.8, 4) is 0 Å². The molecule has 1 aromatic heterocycles. The molecular weight excluding hydrogens is 311 g/mol. The van der Waals surface area contributed by atoms with Gasteiger partial charge in [-0.3, -0.25) is 14.3 Å². The highest BCUT2D eigenvalue weighted by Crippen LogP contribution is 2.38. The summed E-state index contributed by atoms with van der Waals surface area (Å²) in [5, 5.41) is 9.77. The molecule has 0 aliphatic carbocycles. The van der Waals surface area contributed by atoms with Crippen LogP contribution in [0.4, 0.5) is 10.2 Å². The first-order valence-corrected chi connectivity index (χ1v) is 6.86. The van der Waals surface area contributed by atoms with Gasteiger partial charge in [0.1, 0.15) is 11.5 Å². The van der Waals surface area contributed by atoms with Crippen LogP contribution in [0.2, 0.25) is 5.02 Å². The van der Waals surface area contributed by atoms with E-state index < -0.39 is 11.9 Å². The van der Waals surface area contributed by atoms with Crippen LogP contribution in [0.15, 0.2) is 18.2 Å². The van der Waals surface area contributed by atoms with E-state index in [1.54, 1.807) is 7.05 Å². The molecule has 2 heterocycles. The minimum Gasteiger partial charge on any atom is -0.339 e. The third kappa shape index (κ3) is 2.23. The number of hydrogen-bond donors (Lipinski definition) is 2. The van der Waals surface area contributed by atoms with Crippen molar-refractivity contribution in [1.29, 1.82) is 0 Å². The fourth-order valence-electron chi connectivity index (χ4n) is 2.58. The molecule has 2 amide bonds. The first kappa shape index (κ1) is 14.5. The summed E-state index contributed by atoms with van der Waals surface area (Å²) in [7, 11) is 1.60. The smallest absolute Gasteiger partial charge is 0.270 e. The minimum atomic E-state index is -0.666. The third-order valence-electron chi connectivity index (χ3n) is 3.43. The second-order valence-electron chi connectivity index (χ2n) is 4.99. The predicted molar refractivity (Wildman–Crippen MR) is 78.2 cm³/mol. The lowest BCUT2D eigenvalue weighted by atomic mass is 10.0. The predicted octanol–water partition coefficient (Wildman–Crippen LogP) is 2.00. The van der Waals surface area contributed by atoms with E-state index in [2.05, 4.69) is 15.7 Å². The number of halogens is 2. The highest BCUT2D eigenvalue weighted by Gasteiger charge is 2.38. The largest absolute Gasteiger partial charge is 0.339 e. The molecule has 6 nitrogen and oxygen atoms in total. The molecule has 0 saturated carbocycles. The summed E-state index contributed by atoms with van der Waals surface area (Å²) in [5.41, 5.74) is 1.21. The van der Waals surface area contributed by atoms with Gasteiger partial charge in [-0.25, -0.2) is 4.39 Å². The average molecular weight is 323 g/mol. The maximum Gasteiger partial charge on any atom is 0.270 e. The van der Waals surface area contributed by atoms with E-state index in [9.17, 15) is 14.0 Å². The number of aromatic nitrogens is 2. The molecule has 1 aliphatic heterocycles. The Morgan fingerprint density at radius 1 is 1.50 bits per heavy atom. The molecule has 3 rings (SSSR count). The van der Waals surface area contributed by atoms with Crippen molar-refractivity contribution in [2.45, 2.75) is 13.0 Å². The van der Waals surface area contributed by atoms with Gasteiger partial charge in [-0.1, -0.05) is 11.6 Å². The van der Waals surface area contributed by atoms with Gasteiger partial charge in [-0.15, -0.1) is 0 Å².